The minimum Gasteiger partial charge on any atom is -0.381 e. The van der Waals surface area contributed by atoms with E-state index in [9.17, 15) is 49.4 Å². The molecule has 14 heteroatoms. The Morgan fingerprint density at radius 2 is 1.45 bits per heavy atom. The highest BCUT2D eigenvalue weighted by Gasteiger charge is 2.56. The maximum absolute atomic E-state index is 13.9. The molecule has 2 atom stereocenters. The van der Waals surface area contributed by atoms with Gasteiger partial charge in [-0.1, -0.05) is 6.07 Å². The zero-order valence-electron chi connectivity index (χ0n) is 20.3. The number of carbonyl (C=O) groups is 1. The zero-order chi connectivity index (χ0) is 29.1. The standard InChI is InChI=1S/C24H25F9N2O3/c1-13-6-19(5-4-15(13)11-34-20(36)7-14(2)38-3)35-12-21(37,24(31,32)33)16-8-17(22(25,26)27)10-18(9-16)23(28,29)30/h4-6,8-10,14,35,37H,7,11-12H2,1-3H3,(H,34,36)/t14-,21-/m0/s1. The van der Waals surface area contributed by atoms with E-state index in [0.29, 0.717) is 11.1 Å². The summed E-state index contributed by atoms with van der Waals surface area (Å²) in [5, 5.41) is 15.3. The lowest BCUT2D eigenvalue weighted by molar-refractivity contribution is -0.261. The van der Waals surface area contributed by atoms with Gasteiger partial charge in [0.25, 0.3) is 0 Å². The second-order valence-electron chi connectivity index (χ2n) is 8.67. The van der Waals surface area contributed by atoms with Gasteiger partial charge >= 0.3 is 18.5 Å². The Bertz CT molecular complexity index is 1100. The van der Waals surface area contributed by atoms with Crippen LogP contribution < -0.4 is 10.6 Å². The van der Waals surface area contributed by atoms with E-state index in [1.165, 1.54) is 25.3 Å². The van der Waals surface area contributed by atoms with Gasteiger partial charge in [0, 0.05) is 19.3 Å². The third-order valence-electron chi connectivity index (χ3n) is 5.78. The minimum atomic E-state index is -5.65. The minimum absolute atomic E-state index is 0.00345. The predicted molar refractivity (Wildman–Crippen MR) is 119 cm³/mol. The molecule has 0 bridgehead atoms. The highest BCUT2D eigenvalue weighted by molar-refractivity contribution is 5.76. The van der Waals surface area contributed by atoms with Crippen molar-refractivity contribution in [3.63, 3.8) is 0 Å². The molecule has 1 amide bonds. The van der Waals surface area contributed by atoms with Gasteiger partial charge in [0.1, 0.15) is 0 Å². The van der Waals surface area contributed by atoms with E-state index in [2.05, 4.69) is 10.6 Å². The Hall–Kier alpha value is -3.00. The van der Waals surface area contributed by atoms with Crippen molar-refractivity contribution in [3.05, 3.63) is 64.2 Å². The summed E-state index contributed by atoms with van der Waals surface area (Å²) in [7, 11) is 1.44. The Kier molecular flexibility index (Phi) is 9.36. The Morgan fingerprint density at radius 3 is 1.89 bits per heavy atom. The molecule has 212 valence electrons. The van der Waals surface area contributed by atoms with Gasteiger partial charge in [0.15, 0.2) is 0 Å². The average Bonchev–Trinajstić information content (AvgIpc) is 2.79. The molecule has 0 heterocycles. The number of rotatable bonds is 9. The molecule has 5 nitrogen and oxygen atoms in total. The maximum atomic E-state index is 13.9. The molecule has 0 aliphatic carbocycles. The van der Waals surface area contributed by atoms with E-state index < -0.39 is 47.4 Å². The summed E-state index contributed by atoms with van der Waals surface area (Å²) in [5.74, 6) is -0.310. The first-order valence-electron chi connectivity index (χ1n) is 11.0. The number of halogens is 9. The number of carbonyl (C=O) groups excluding carboxylic acids is 1. The number of ether oxygens (including phenoxy) is 1. The normalized spacial score (nSPS) is 15.1. The smallest absolute Gasteiger partial charge is 0.381 e. The van der Waals surface area contributed by atoms with Crippen molar-refractivity contribution in [2.75, 3.05) is 19.0 Å². The lowest BCUT2D eigenvalue weighted by atomic mass is 9.89. The highest BCUT2D eigenvalue weighted by atomic mass is 19.4. The number of methoxy groups -OCH3 is 1. The SMILES string of the molecule is CO[C@@H](C)CC(=O)NCc1ccc(NC[C@](O)(c2cc(C(F)(F)F)cc(C(F)(F)F)c2)C(F)(F)F)cc1C. The first-order valence-corrected chi connectivity index (χ1v) is 11.0. The molecule has 2 aromatic rings. The zero-order valence-corrected chi connectivity index (χ0v) is 20.3. The van der Waals surface area contributed by atoms with Gasteiger partial charge in [-0.05, 0) is 60.9 Å². The predicted octanol–water partition coefficient (Wildman–Crippen LogP) is 5.94. The summed E-state index contributed by atoms with van der Waals surface area (Å²) in [5.41, 5.74) is -8.62. The first-order chi connectivity index (χ1) is 17.3. The Labute approximate surface area is 212 Å². The van der Waals surface area contributed by atoms with Crippen LogP contribution in [0.15, 0.2) is 36.4 Å². The Balaban J connectivity index is 2.32. The van der Waals surface area contributed by atoms with Gasteiger partial charge in [0.05, 0.1) is 30.2 Å². The molecule has 0 fully saturated rings. The largest absolute Gasteiger partial charge is 0.423 e. The van der Waals surface area contributed by atoms with Crippen molar-refractivity contribution < 1.29 is 54.2 Å². The van der Waals surface area contributed by atoms with Crippen LogP contribution in [0, 0.1) is 6.92 Å². The number of aliphatic hydroxyl groups is 1. The molecule has 0 radical (unpaired) electrons. The van der Waals surface area contributed by atoms with Gasteiger partial charge in [-0.25, -0.2) is 0 Å². The van der Waals surface area contributed by atoms with Crippen LogP contribution in [0.5, 0.6) is 0 Å². The van der Waals surface area contributed by atoms with E-state index in [4.69, 9.17) is 4.74 Å². The molecule has 0 saturated carbocycles. The van der Waals surface area contributed by atoms with E-state index >= 15 is 0 Å². The van der Waals surface area contributed by atoms with Crippen LogP contribution >= 0.6 is 0 Å². The molecule has 0 spiro atoms. The highest BCUT2D eigenvalue weighted by Crippen LogP contribution is 2.44. The molecule has 3 N–H and O–H groups in total. The van der Waals surface area contributed by atoms with Crippen molar-refractivity contribution in [3.8, 4) is 0 Å². The summed E-state index contributed by atoms with van der Waals surface area (Å²) < 4.78 is 126. The third kappa shape index (κ3) is 7.76. The lowest BCUT2D eigenvalue weighted by Gasteiger charge is -2.32. The number of aryl methyl sites for hydroxylation is 1. The van der Waals surface area contributed by atoms with E-state index in [0.717, 1.165) is 0 Å². The van der Waals surface area contributed by atoms with Crippen LogP contribution in [0.1, 0.15) is 41.2 Å². The van der Waals surface area contributed by atoms with Crippen LogP contribution in [0.3, 0.4) is 0 Å². The van der Waals surface area contributed by atoms with E-state index in [1.807, 2.05) is 0 Å². The number of nitrogens with one attached hydrogen (secondary N) is 2. The van der Waals surface area contributed by atoms with Crippen LogP contribution in [0.4, 0.5) is 45.2 Å². The molecule has 2 rings (SSSR count). The Morgan fingerprint density at radius 1 is 0.921 bits per heavy atom. The fraction of sp³-hybridized carbons (Fsp3) is 0.458. The van der Waals surface area contributed by atoms with E-state index in [1.54, 1.807) is 13.8 Å². The van der Waals surface area contributed by atoms with Crippen LogP contribution in [-0.2, 0) is 34.0 Å². The molecule has 0 saturated heterocycles. The van der Waals surface area contributed by atoms with Crippen LogP contribution in [0.2, 0.25) is 0 Å². The average molecular weight is 560 g/mol. The molecule has 2 aromatic carbocycles. The number of hydrogen-bond donors (Lipinski definition) is 3. The van der Waals surface area contributed by atoms with Crippen molar-refractivity contribution in [2.24, 2.45) is 0 Å². The van der Waals surface area contributed by atoms with E-state index in [-0.39, 0.29) is 48.9 Å². The quantitative estimate of drug-likeness (QED) is 0.333. The summed E-state index contributed by atoms with van der Waals surface area (Å²) in [4.78, 5) is 11.9. The summed E-state index contributed by atoms with van der Waals surface area (Å²) >= 11 is 0. The first kappa shape index (κ1) is 31.2. The number of anilines is 1. The molecular formula is C24H25F9N2O3. The molecule has 0 unspecified atom stereocenters. The van der Waals surface area contributed by atoms with Gasteiger partial charge < -0.3 is 20.5 Å². The fourth-order valence-electron chi connectivity index (χ4n) is 3.40. The number of hydrogen-bond acceptors (Lipinski definition) is 4. The number of amides is 1. The van der Waals surface area contributed by atoms with Gasteiger partial charge in [-0.3, -0.25) is 4.79 Å². The summed E-state index contributed by atoms with van der Waals surface area (Å²) in [6, 6.07) is 3.44. The molecule has 0 aliphatic rings. The monoisotopic (exact) mass is 560 g/mol. The van der Waals surface area contributed by atoms with Crippen molar-refractivity contribution in [1.29, 1.82) is 0 Å². The van der Waals surface area contributed by atoms with Crippen molar-refractivity contribution in [1.82, 2.24) is 5.32 Å². The number of alkyl halides is 9. The fourth-order valence-corrected chi connectivity index (χ4v) is 3.40. The topological polar surface area (TPSA) is 70.6 Å². The second-order valence-corrected chi connectivity index (χ2v) is 8.67. The summed E-state index contributed by atoms with van der Waals surface area (Å²) in [6.07, 6.45) is -16.7. The van der Waals surface area contributed by atoms with Crippen LogP contribution in [-0.4, -0.2) is 36.9 Å². The van der Waals surface area contributed by atoms with Gasteiger partial charge in [0.2, 0.25) is 11.5 Å². The second kappa shape index (κ2) is 11.4. The lowest BCUT2D eigenvalue weighted by Crippen LogP contribution is -2.48. The van der Waals surface area contributed by atoms with Crippen molar-refractivity contribution in [2.45, 2.75) is 57.0 Å². The van der Waals surface area contributed by atoms with Gasteiger partial charge in [-0.2, -0.15) is 39.5 Å². The molecule has 0 aromatic heterocycles. The molecule has 38 heavy (non-hydrogen) atoms. The van der Waals surface area contributed by atoms with Gasteiger partial charge in [-0.15, -0.1) is 0 Å². The van der Waals surface area contributed by atoms with Crippen LogP contribution in [0.25, 0.3) is 0 Å². The number of benzene rings is 2. The maximum Gasteiger partial charge on any atom is 0.423 e. The third-order valence-corrected chi connectivity index (χ3v) is 5.78. The van der Waals surface area contributed by atoms with Crippen molar-refractivity contribution >= 4 is 11.6 Å². The molecular weight excluding hydrogens is 535 g/mol. The molecule has 0 aliphatic heterocycles. The summed E-state index contributed by atoms with van der Waals surface area (Å²) in [6.45, 7) is 1.86.